The number of nitrogens with zero attached hydrogens (tertiary/aromatic N) is 3. The van der Waals surface area contributed by atoms with E-state index in [1.54, 1.807) is 12.1 Å². The molecule has 96 valence electrons. The summed E-state index contributed by atoms with van der Waals surface area (Å²) >= 11 is 0. The topological polar surface area (TPSA) is 56.7 Å². The third-order valence-corrected chi connectivity index (χ3v) is 2.82. The van der Waals surface area contributed by atoms with Gasteiger partial charge in [-0.15, -0.1) is 10.2 Å². The molecule has 0 unspecified atom stereocenters. The fourth-order valence-electron chi connectivity index (χ4n) is 1.95. The van der Waals surface area contributed by atoms with Crippen LogP contribution in [0.15, 0.2) is 18.2 Å². The van der Waals surface area contributed by atoms with E-state index < -0.39 is 0 Å². The number of aromatic nitrogens is 3. The Bertz CT molecular complexity index is 548. The lowest BCUT2D eigenvalue weighted by Crippen LogP contribution is -2.09. The molecule has 18 heavy (non-hydrogen) atoms. The fraction of sp³-hybridized carbons (Fsp3) is 0.385. The molecule has 1 aromatic heterocycles. The van der Waals surface area contributed by atoms with E-state index in [0.29, 0.717) is 23.8 Å². The van der Waals surface area contributed by atoms with Crippen LogP contribution < -0.4 is 5.73 Å². The van der Waals surface area contributed by atoms with E-state index in [0.717, 1.165) is 18.5 Å². The van der Waals surface area contributed by atoms with Gasteiger partial charge in [0.05, 0.1) is 12.1 Å². The normalized spacial score (nSPS) is 10.9. The highest BCUT2D eigenvalue weighted by Gasteiger charge is 2.15. The number of hydrogen-bond acceptors (Lipinski definition) is 3. The van der Waals surface area contributed by atoms with Crippen molar-refractivity contribution in [3.05, 3.63) is 35.4 Å². The van der Waals surface area contributed by atoms with Gasteiger partial charge in [0.1, 0.15) is 11.6 Å². The molecule has 0 atom stereocenters. The highest BCUT2D eigenvalue weighted by Crippen LogP contribution is 2.23. The van der Waals surface area contributed by atoms with Crippen LogP contribution in [0.4, 0.5) is 4.39 Å². The van der Waals surface area contributed by atoms with Crippen molar-refractivity contribution in [1.82, 2.24) is 14.8 Å². The standard InChI is InChI=1S/C13H17FN4/c1-3-6-18-12(8-15)16-17-13(18)10-7-9(2)4-5-11(10)14/h4-5,7H,3,6,8,15H2,1-2H3. The van der Waals surface area contributed by atoms with Crippen LogP contribution in [-0.2, 0) is 13.1 Å². The van der Waals surface area contributed by atoms with E-state index in [1.165, 1.54) is 6.07 Å². The Morgan fingerprint density at radius 1 is 1.33 bits per heavy atom. The Balaban J connectivity index is 2.56. The molecule has 0 saturated heterocycles. The lowest BCUT2D eigenvalue weighted by Gasteiger charge is -2.09. The molecule has 0 bridgehead atoms. The summed E-state index contributed by atoms with van der Waals surface area (Å²) in [5, 5.41) is 8.09. The first-order valence-corrected chi connectivity index (χ1v) is 6.06. The molecule has 5 heteroatoms. The van der Waals surface area contributed by atoms with Crippen molar-refractivity contribution in [1.29, 1.82) is 0 Å². The summed E-state index contributed by atoms with van der Waals surface area (Å²) in [4.78, 5) is 0. The Morgan fingerprint density at radius 3 is 2.78 bits per heavy atom. The van der Waals surface area contributed by atoms with Gasteiger partial charge in [-0.1, -0.05) is 18.6 Å². The van der Waals surface area contributed by atoms with Crippen molar-refractivity contribution >= 4 is 0 Å². The first-order chi connectivity index (χ1) is 8.67. The molecule has 0 fully saturated rings. The van der Waals surface area contributed by atoms with Gasteiger partial charge in [0.25, 0.3) is 0 Å². The van der Waals surface area contributed by atoms with Crippen molar-refractivity contribution < 1.29 is 4.39 Å². The van der Waals surface area contributed by atoms with Crippen molar-refractivity contribution in [3.8, 4) is 11.4 Å². The minimum atomic E-state index is -0.283. The number of halogens is 1. The van der Waals surface area contributed by atoms with E-state index in [2.05, 4.69) is 17.1 Å². The summed E-state index contributed by atoms with van der Waals surface area (Å²) in [7, 11) is 0. The SMILES string of the molecule is CCCn1c(CN)nnc1-c1cc(C)ccc1F. The summed E-state index contributed by atoms with van der Waals surface area (Å²) in [6, 6.07) is 4.98. The first-order valence-electron chi connectivity index (χ1n) is 6.06. The van der Waals surface area contributed by atoms with E-state index in [1.807, 2.05) is 11.5 Å². The van der Waals surface area contributed by atoms with Crippen LogP contribution in [0.25, 0.3) is 11.4 Å². The van der Waals surface area contributed by atoms with Crippen molar-refractivity contribution in [2.24, 2.45) is 5.73 Å². The first kappa shape index (κ1) is 12.7. The van der Waals surface area contributed by atoms with E-state index in [9.17, 15) is 4.39 Å². The smallest absolute Gasteiger partial charge is 0.166 e. The predicted octanol–water partition coefficient (Wildman–Crippen LogP) is 2.26. The molecule has 0 radical (unpaired) electrons. The zero-order chi connectivity index (χ0) is 13.1. The second kappa shape index (κ2) is 5.27. The van der Waals surface area contributed by atoms with Crippen LogP contribution in [-0.4, -0.2) is 14.8 Å². The number of nitrogens with two attached hydrogens (primary N) is 1. The van der Waals surface area contributed by atoms with Crippen LogP contribution >= 0.6 is 0 Å². The Kier molecular flexibility index (Phi) is 3.72. The zero-order valence-corrected chi connectivity index (χ0v) is 10.7. The molecule has 1 heterocycles. The van der Waals surface area contributed by atoms with Gasteiger partial charge in [-0.05, 0) is 25.5 Å². The van der Waals surface area contributed by atoms with Crippen molar-refractivity contribution in [3.63, 3.8) is 0 Å². The molecule has 0 aliphatic heterocycles. The maximum Gasteiger partial charge on any atom is 0.166 e. The van der Waals surface area contributed by atoms with Gasteiger partial charge in [0, 0.05) is 6.54 Å². The second-order valence-electron chi connectivity index (χ2n) is 4.28. The largest absolute Gasteiger partial charge is 0.324 e. The molecule has 2 rings (SSSR count). The van der Waals surface area contributed by atoms with Gasteiger partial charge in [0.15, 0.2) is 5.82 Å². The molecule has 2 N–H and O–H groups in total. The lowest BCUT2D eigenvalue weighted by molar-refractivity contribution is 0.617. The van der Waals surface area contributed by atoms with E-state index >= 15 is 0 Å². The Hall–Kier alpha value is -1.75. The van der Waals surface area contributed by atoms with Crippen LogP contribution in [0.2, 0.25) is 0 Å². The molecule has 0 aliphatic rings. The van der Waals surface area contributed by atoms with Gasteiger partial charge >= 0.3 is 0 Å². The molecular weight excluding hydrogens is 231 g/mol. The number of hydrogen-bond donors (Lipinski definition) is 1. The minimum absolute atomic E-state index is 0.283. The zero-order valence-electron chi connectivity index (χ0n) is 10.7. The highest BCUT2D eigenvalue weighted by atomic mass is 19.1. The minimum Gasteiger partial charge on any atom is -0.324 e. The quantitative estimate of drug-likeness (QED) is 0.903. The van der Waals surface area contributed by atoms with Gasteiger partial charge in [-0.2, -0.15) is 0 Å². The third-order valence-electron chi connectivity index (χ3n) is 2.82. The molecule has 2 aromatic rings. The van der Waals surface area contributed by atoms with E-state index in [-0.39, 0.29) is 5.82 Å². The maximum absolute atomic E-state index is 13.9. The summed E-state index contributed by atoms with van der Waals surface area (Å²) < 4.78 is 15.8. The van der Waals surface area contributed by atoms with Gasteiger partial charge in [-0.25, -0.2) is 4.39 Å². The Morgan fingerprint density at radius 2 is 2.11 bits per heavy atom. The number of aryl methyl sites for hydroxylation is 1. The fourth-order valence-corrected chi connectivity index (χ4v) is 1.95. The Labute approximate surface area is 106 Å². The molecular formula is C13H17FN4. The highest BCUT2D eigenvalue weighted by molar-refractivity contribution is 5.57. The number of benzene rings is 1. The maximum atomic E-state index is 13.9. The molecule has 0 amide bonds. The molecule has 0 aliphatic carbocycles. The number of rotatable bonds is 4. The average Bonchev–Trinajstić information content (AvgIpc) is 2.76. The van der Waals surface area contributed by atoms with Crippen LogP contribution in [0, 0.1) is 12.7 Å². The summed E-state index contributed by atoms with van der Waals surface area (Å²) in [6.45, 7) is 5.02. The van der Waals surface area contributed by atoms with Crippen LogP contribution in [0.5, 0.6) is 0 Å². The summed E-state index contributed by atoms with van der Waals surface area (Å²) in [5.74, 6) is 0.959. The lowest BCUT2D eigenvalue weighted by atomic mass is 10.1. The monoisotopic (exact) mass is 248 g/mol. The average molecular weight is 248 g/mol. The molecule has 1 aromatic carbocycles. The van der Waals surface area contributed by atoms with Crippen molar-refractivity contribution in [2.45, 2.75) is 33.4 Å². The van der Waals surface area contributed by atoms with Gasteiger partial charge < -0.3 is 10.3 Å². The van der Waals surface area contributed by atoms with E-state index in [4.69, 9.17) is 5.73 Å². The summed E-state index contributed by atoms with van der Waals surface area (Å²) in [5.41, 5.74) is 7.10. The molecule has 4 nitrogen and oxygen atoms in total. The molecule has 0 spiro atoms. The third kappa shape index (κ3) is 2.26. The summed E-state index contributed by atoms with van der Waals surface area (Å²) in [6.07, 6.45) is 0.922. The van der Waals surface area contributed by atoms with Gasteiger partial charge in [-0.3, -0.25) is 0 Å². The molecule has 0 saturated carbocycles. The van der Waals surface area contributed by atoms with Gasteiger partial charge in [0.2, 0.25) is 0 Å². The predicted molar refractivity (Wildman–Crippen MR) is 68.3 cm³/mol. The van der Waals surface area contributed by atoms with Crippen LogP contribution in [0.3, 0.4) is 0 Å². The van der Waals surface area contributed by atoms with Crippen LogP contribution in [0.1, 0.15) is 24.7 Å². The van der Waals surface area contributed by atoms with Crippen molar-refractivity contribution in [2.75, 3.05) is 0 Å². The second-order valence-corrected chi connectivity index (χ2v) is 4.28.